The van der Waals surface area contributed by atoms with Crippen LogP contribution in [0.15, 0.2) is 46.7 Å². The summed E-state index contributed by atoms with van der Waals surface area (Å²) >= 11 is 1.52. The van der Waals surface area contributed by atoms with Crippen LogP contribution in [0.3, 0.4) is 0 Å². The van der Waals surface area contributed by atoms with Crippen LogP contribution < -0.4 is 0 Å². The highest BCUT2D eigenvalue weighted by Gasteiger charge is 2.08. The Labute approximate surface area is 107 Å². The molecule has 0 aliphatic heterocycles. The largest absolute Gasteiger partial charge is 0.508 e. The molecule has 0 aliphatic rings. The van der Waals surface area contributed by atoms with Crippen molar-refractivity contribution in [1.29, 1.82) is 0 Å². The molecule has 0 amide bonds. The first-order chi connectivity index (χ1) is 8.74. The first-order valence-corrected chi connectivity index (χ1v) is 6.15. The Morgan fingerprint density at radius 1 is 1.17 bits per heavy atom. The Balaban J connectivity index is 2.02. The van der Waals surface area contributed by atoms with Gasteiger partial charge in [-0.25, -0.2) is 9.97 Å². The third-order valence-electron chi connectivity index (χ3n) is 2.54. The number of rotatable bonds is 2. The van der Waals surface area contributed by atoms with E-state index < -0.39 is 0 Å². The maximum Gasteiger partial charge on any atom is 0.162 e. The van der Waals surface area contributed by atoms with Crippen molar-refractivity contribution in [2.45, 2.75) is 9.92 Å². The topological polar surface area (TPSA) is 63.8 Å². The summed E-state index contributed by atoms with van der Waals surface area (Å²) in [6.45, 7) is 0. The van der Waals surface area contributed by atoms with E-state index in [0.29, 0.717) is 0 Å². The Morgan fingerprint density at radius 2 is 1.94 bits per heavy atom. The van der Waals surface area contributed by atoms with Crippen molar-refractivity contribution in [3.63, 3.8) is 0 Å². The van der Waals surface area contributed by atoms with Crippen molar-refractivity contribution >= 4 is 22.8 Å². The number of aromatic hydroxyl groups is 1. The normalized spacial score (nSPS) is 10.9. The van der Waals surface area contributed by atoms with Crippen LogP contribution in [0.2, 0.25) is 0 Å². The van der Waals surface area contributed by atoms with E-state index in [1.165, 1.54) is 18.1 Å². The van der Waals surface area contributed by atoms with Crippen molar-refractivity contribution in [3.8, 4) is 5.75 Å². The zero-order valence-corrected chi connectivity index (χ0v) is 10.4. The highest BCUT2D eigenvalue weighted by Crippen LogP contribution is 2.31. The molecular formula is C12H10N4OS. The number of hydrogen-bond acceptors (Lipinski definition) is 5. The average molecular weight is 258 g/mol. The standard InChI is InChI=1S/C12H10N4OS/c1-16-11-10(6-15-16)12(14-7-13-11)18-9-4-2-8(17)3-5-9/h2-7,17H,1H3. The van der Waals surface area contributed by atoms with Gasteiger partial charge in [0.2, 0.25) is 0 Å². The van der Waals surface area contributed by atoms with E-state index in [2.05, 4.69) is 15.1 Å². The molecule has 6 heteroatoms. The maximum atomic E-state index is 9.25. The van der Waals surface area contributed by atoms with Crippen LogP contribution >= 0.6 is 11.8 Å². The summed E-state index contributed by atoms with van der Waals surface area (Å²) in [6, 6.07) is 7.02. The van der Waals surface area contributed by atoms with Gasteiger partial charge in [0.15, 0.2) is 5.65 Å². The molecule has 0 radical (unpaired) electrons. The molecule has 3 rings (SSSR count). The van der Waals surface area contributed by atoms with E-state index in [9.17, 15) is 5.11 Å². The minimum atomic E-state index is 0.258. The van der Waals surface area contributed by atoms with Crippen molar-refractivity contribution in [2.75, 3.05) is 0 Å². The molecule has 0 spiro atoms. The van der Waals surface area contributed by atoms with Gasteiger partial charge in [-0.05, 0) is 24.3 Å². The lowest BCUT2D eigenvalue weighted by atomic mass is 10.3. The Morgan fingerprint density at radius 3 is 2.72 bits per heavy atom. The SMILES string of the molecule is Cn1ncc2c(Sc3ccc(O)cc3)ncnc21. The lowest BCUT2D eigenvalue weighted by Gasteiger charge is -2.02. The van der Waals surface area contributed by atoms with Crippen LogP contribution in [0, 0.1) is 0 Å². The fraction of sp³-hybridized carbons (Fsp3) is 0.0833. The average Bonchev–Trinajstić information content (AvgIpc) is 2.76. The number of fused-ring (bicyclic) bond motifs is 1. The number of aromatic nitrogens is 4. The Kier molecular flexibility index (Phi) is 2.64. The van der Waals surface area contributed by atoms with Crippen molar-refractivity contribution in [3.05, 3.63) is 36.8 Å². The third-order valence-corrected chi connectivity index (χ3v) is 3.57. The van der Waals surface area contributed by atoms with Gasteiger partial charge in [-0.3, -0.25) is 4.68 Å². The Bertz CT molecular complexity index is 693. The van der Waals surface area contributed by atoms with Gasteiger partial charge < -0.3 is 5.11 Å². The summed E-state index contributed by atoms with van der Waals surface area (Å²) in [5.74, 6) is 0.258. The number of hydrogen-bond donors (Lipinski definition) is 1. The van der Waals surface area contributed by atoms with Crippen LogP contribution in [0.5, 0.6) is 5.75 Å². The zero-order chi connectivity index (χ0) is 12.5. The van der Waals surface area contributed by atoms with E-state index in [1.54, 1.807) is 23.0 Å². The molecule has 0 saturated heterocycles. The summed E-state index contributed by atoms with van der Waals surface area (Å²) in [4.78, 5) is 9.48. The predicted octanol–water partition coefficient (Wildman–Crippen LogP) is 2.22. The molecular weight excluding hydrogens is 248 g/mol. The van der Waals surface area contributed by atoms with Crippen LogP contribution in [0.4, 0.5) is 0 Å². The van der Waals surface area contributed by atoms with Gasteiger partial charge in [-0.1, -0.05) is 11.8 Å². The molecule has 5 nitrogen and oxygen atoms in total. The van der Waals surface area contributed by atoms with Gasteiger partial charge in [-0.2, -0.15) is 5.10 Å². The fourth-order valence-corrected chi connectivity index (χ4v) is 2.50. The second-order valence-corrected chi connectivity index (χ2v) is 4.84. The molecule has 2 heterocycles. The number of nitrogens with zero attached hydrogens (tertiary/aromatic N) is 4. The quantitative estimate of drug-likeness (QED) is 0.714. The van der Waals surface area contributed by atoms with Gasteiger partial charge in [-0.15, -0.1) is 0 Å². The van der Waals surface area contributed by atoms with Gasteiger partial charge in [0.05, 0.1) is 11.6 Å². The molecule has 0 fully saturated rings. The summed E-state index contributed by atoms with van der Waals surface area (Å²) in [6.07, 6.45) is 3.30. The third kappa shape index (κ3) is 1.91. The lowest BCUT2D eigenvalue weighted by molar-refractivity contribution is 0.475. The van der Waals surface area contributed by atoms with E-state index in [0.717, 1.165) is 21.0 Å². The highest BCUT2D eigenvalue weighted by molar-refractivity contribution is 7.99. The lowest BCUT2D eigenvalue weighted by Crippen LogP contribution is -1.92. The second-order valence-electron chi connectivity index (χ2n) is 3.78. The number of aryl methyl sites for hydroxylation is 1. The maximum absolute atomic E-state index is 9.25. The minimum absolute atomic E-state index is 0.258. The molecule has 1 N–H and O–H groups in total. The van der Waals surface area contributed by atoms with Crippen LogP contribution in [-0.2, 0) is 7.05 Å². The molecule has 0 unspecified atom stereocenters. The van der Waals surface area contributed by atoms with Crippen molar-refractivity contribution in [2.24, 2.45) is 7.05 Å². The summed E-state index contributed by atoms with van der Waals surface area (Å²) in [5, 5.41) is 15.2. The number of phenols is 1. The second kappa shape index (κ2) is 4.30. The molecule has 0 saturated carbocycles. The summed E-state index contributed by atoms with van der Waals surface area (Å²) < 4.78 is 1.72. The molecule has 0 bridgehead atoms. The zero-order valence-electron chi connectivity index (χ0n) is 9.61. The number of phenolic OH excluding ortho intramolecular Hbond substituents is 1. The van der Waals surface area contributed by atoms with Gasteiger partial charge in [0, 0.05) is 11.9 Å². The van der Waals surface area contributed by atoms with Crippen LogP contribution in [0.1, 0.15) is 0 Å². The van der Waals surface area contributed by atoms with Crippen LogP contribution in [0.25, 0.3) is 11.0 Å². The molecule has 1 aromatic carbocycles. The highest BCUT2D eigenvalue weighted by atomic mass is 32.2. The molecule has 2 aromatic heterocycles. The molecule has 0 aliphatic carbocycles. The van der Waals surface area contributed by atoms with Gasteiger partial charge in [0.1, 0.15) is 17.1 Å². The van der Waals surface area contributed by atoms with Crippen molar-refractivity contribution in [1.82, 2.24) is 19.7 Å². The van der Waals surface area contributed by atoms with Crippen molar-refractivity contribution < 1.29 is 5.11 Å². The predicted molar refractivity (Wildman–Crippen MR) is 68.5 cm³/mol. The first kappa shape index (κ1) is 11.0. The summed E-state index contributed by atoms with van der Waals surface area (Å²) in [7, 11) is 1.85. The summed E-state index contributed by atoms with van der Waals surface area (Å²) in [5.41, 5.74) is 0.811. The first-order valence-electron chi connectivity index (χ1n) is 5.33. The molecule has 90 valence electrons. The van der Waals surface area contributed by atoms with Crippen LogP contribution in [-0.4, -0.2) is 24.9 Å². The number of benzene rings is 1. The molecule has 3 aromatic rings. The van der Waals surface area contributed by atoms with E-state index in [4.69, 9.17) is 0 Å². The molecule has 18 heavy (non-hydrogen) atoms. The van der Waals surface area contributed by atoms with Gasteiger partial charge >= 0.3 is 0 Å². The fourth-order valence-electron chi connectivity index (χ4n) is 1.65. The van der Waals surface area contributed by atoms with E-state index in [-0.39, 0.29) is 5.75 Å². The smallest absolute Gasteiger partial charge is 0.162 e. The monoisotopic (exact) mass is 258 g/mol. The van der Waals surface area contributed by atoms with E-state index in [1.807, 2.05) is 19.2 Å². The molecule has 0 atom stereocenters. The van der Waals surface area contributed by atoms with Gasteiger partial charge in [0.25, 0.3) is 0 Å². The Hall–Kier alpha value is -2.08. The minimum Gasteiger partial charge on any atom is -0.508 e. The van der Waals surface area contributed by atoms with E-state index >= 15 is 0 Å².